The zero-order chi connectivity index (χ0) is 18.7. The van der Waals surface area contributed by atoms with Crippen LogP contribution in [0.2, 0.25) is 0 Å². The highest BCUT2D eigenvalue weighted by Gasteiger charge is 2.44. The van der Waals surface area contributed by atoms with Crippen LogP contribution in [0.1, 0.15) is 80.1 Å². The molecule has 27 heavy (non-hydrogen) atoms. The third-order valence-electron chi connectivity index (χ3n) is 6.54. The normalized spacial score (nSPS) is 25.4. The van der Waals surface area contributed by atoms with Gasteiger partial charge in [-0.05, 0) is 54.9 Å². The number of rotatable bonds is 4. The summed E-state index contributed by atoms with van der Waals surface area (Å²) in [4.78, 5) is 17.4. The van der Waals surface area contributed by atoms with Crippen molar-refractivity contribution in [3.8, 4) is 0 Å². The molecule has 2 saturated carbocycles. The van der Waals surface area contributed by atoms with Gasteiger partial charge in [0.2, 0.25) is 0 Å². The molecule has 1 heterocycles. The first-order chi connectivity index (χ1) is 13.2. The highest BCUT2D eigenvalue weighted by Crippen LogP contribution is 2.48. The second-order valence-electron chi connectivity index (χ2n) is 8.34. The largest absolute Gasteiger partial charge is 0.363 e. The van der Waals surface area contributed by atoms with Gasteiger partial charge in [-0.2, -0.15) is 0 Å². The van der Waals surface area contributed by atoms with Gasteiger partial charge in [0.25, 0.3) is 5.91 Å². The van der Waals surface area contributed by atoms with Crippen LogP contribution in [0.15, 0.2) is 30.3 Å². The molecule has 1 aromatic rings. The van der Waals surface area contributed by atoms with Crippen molar-refractivity contribution in [3.05, 3.63) is 41.5 Å². The van der Waals surface area contributed by atoms with E-state index < -0.39 is 0 Å². The summed E-state index contributed by atoms with van der Waals surface area (Å²) < 4.78 is 6.84. The first-order valence-corrected chi connectivity index (χ1v) is 10.6. The Hall–Kier alpha value is -1.65. The van der Waals surface area contributed by atoms with Crippen LogP contribution in [-0.4, -0.2) is 24.7 Å². The number of hydroxylamine groups is 1. The molecule has 4 nitrogen and oxygen atoms in total. The molecule has 1 N–H and O–H groups in total. The van der Waals surface area contributed by atoms with Crippen LogP contribution in [0.4, 0.5) is 0 Å². The van der Waals surface area contributed by atoms with Crippen molar-refractivity contribution >= 4 is 11.5 Å². The Bertz CT molecular complexity index is 699. The molecule has 1 aliphatic heterocycles. The van der Waals surface area contributed by atoms with Crippen LogP contribution in [0.3, 0.4) is 0 Å². The minimum Gasteiger partial charge on any atom is -0.363 e. The Morgan fingerprint density at radius 2 is 1.78 bits per heavy atom. The van der Waals surface area contributed by atoms with Crippen molar-refractivity contribution < 1.29 is 14.4 Å². The fourth-order valence-corrected chi connectivity index (χ4v) is 5.23. The maximum absolute atomic E-state index is 12.6. The lowest BCUT2D eigenvalue weighted by atomic mass is 9.80. The molecule has 3 aliphatic rings. The van der Waals surface area contributed by atoms with Crippen molar-refractivity contribution in [1.82, 2.24) is 5.48 Å². The molecule has 146 valence electrons. The van der Waals surface area contributed by atoms with Gasteiger partial charge in [-0.15, -0.1) is 0 Å². The zero-order valence-corrected chi connectivity index (χ0v) is 16.3. The number of carbonyl (C=O) groups excluding carboxylic acids is 1. The maximum atomic E-state index is 12.6. The van der Waals surface area contributed by atoms with E-state index >= 15 is 0 Å². The summed E-state index contributed by atoms with van der Waals surface area (Å²) in [5.74, 6) is 0.367. The van der Waals surface area contributed by atoms with Gasteiger partial charge in [0, 0.05) is 5.56 Å². The third kappa shape index (κ3) is 3.83. The van der Waals surface area contributed by atoms with E-state index in [4.69, 9.17) is 9.57 Å². The lowest BCUT2D eigenvalue weighted by molar-refractivity contribution is -0.0686. The van der Waals surface area contributed by atoms with Gasteiger partial charge in [-0.3, -0.25) is 9.63 Å². The molecule has 4 heteroatoms. The maximum Gasteiger partial charge on any atom is 0.275 e. The molecular weight excluding hydrogens is 338 g/mol. The van der Waals surface area contributed by atoms with E-state index in [0.29, 0.717) is 11.5 Å². The van der Waals surface area contributed by atoms with Crippen LogP contribution >= 0.6 is 0 Å². The Morgan fingerprint density at radius 1 is 1.07 bits per heavy atom. The molecule has 1 amide bonds. The van der Waals surface area contributed by atoms with Crippen LogP contribution in [0.25, 0.3) is 5.57 Å². The van der Waals surface area contributed by atoms with E-state index in [2.05, 4.69) is 17.6 Å². The summed E-state index contributed by atoms with van der Waals surface area (Å²) in [6.07, 6.45) is 14.8. The summed E-state index contributed by atoms with van der Waals surface area (Å²) >= 11 is 0. The smallest absolute Gasteiger partial charge is 0.275 e. The van der Waals surface area contributed by atoms with Crippen LogP contribution in [0.5, 0.6) is 0 Å². The minimum atomic E-state index is -0.194. The second-order valence-corrected chi connectivity index (χ2v) is 8.34. The van der Waals surface area contributed by atoms with Crippen molar-refractivity contribution in [3.63, 3.8) is 0 Å². The van der Waals surface area contributed by atoms with Gasteiger partial charge in [-0.25, -0.2) is 5.48 Å². The van der Waals surface area contributed by atoms with Gasteiger partial charge in [0.15, 0.2) is 0 Å². The van der Waals surface area contributed by atoms with Gasteiger partial charge in [0.1, 0.15) is 0 Å². The predicted octanol–water partition coefficient (Wildman–Crippen LogP) is 5.04. The van der Waals surface area contributed by atoms with E-state index in [9.17, 15) is 4.79 Å². The van der Waals surface area contributed by atoms with Crippen molar-refractivity contribution in [2.75, 3.05) is 7.11 Å². The monoisotopic (exact) mass is 369 g/mol. The number of ether oxygens (including phenoxy) is 1. The van der Waals surface area contributed by atoms with Gasteiger partial charge in [-0.1, -0.05) is 56.7 Å². The molecule has 0 aromatic heterocycles. The van der Waals surface area contributed by atoms with Crippen LogP contribution in [0, 0.1) is 5.92 Å². The summed E-state index contributed by atoms with van der Waals surface area (Å²) in [7, 11) is 1.47. The highest BCUT2D eigenvalue weighted by atomic mass is 16.6. The lowest BCUT2D eigenvalue weighted by Crippen LogP contribution is -2.35. The lowest BCUT2D eigenvalue weighted by Gasteiger charge is -2.36. The van der Waals surface area contributed by atoms with E-state index in [1.54, 1.807) is 0 Å². The number of benzene rings is 1. The quantitative estimate of drug-likeness (QED) is 0.756. The fourth-order valence-electron chi connectivity index (χ4n) is 5.23. The zero-order valence-electron chi connectivity index (χ0n) is 16.3. The van der Waals surface area contributed by atoms with E-state index in [1.165, 1.54) is 64.0 Å². The Morgan fingerprint density at radius 3 is 2.52 bits per heavy atom. The predicted molar refractivity (Wildman–Crippen MR) is 106 cm³/mol. The average molecular weight is 370 g/mol. The summed E-state index contributed by atoms with van der Waals surface area (Å²) in [5.41, 5.74) is 5.26. The van der Waals surface area contributed by atoms with Crippen molar-refractivity contribution in [1.29, 1.82) is 0 Å². The third-order valence-corrected chi connectivity index (χ3v) is 6.54. The molecule has 0 radical (unpaired) electrons. The number of nitrogens with one attached hydrogen (secondary N) is 1. The first kappa shape index (κ1) is 18.7. The Kier molecular flexibility index (Phi) is 5.65. The topological polar surface area (TPSA) is 47.6 Å². The van der Waals surface area contributed by atoms with Gasteiger partial charge in [0.05, 0.1) is 18.8 Å². The fraction of sp³-hybridized carbons (Fsp3) is 0.609. The minimum absolute atomic E-state index is 0.111. The standard InChI is InChI=1S/C23H31NO3/c1-26-24-22(25)19-13-7-6-12-18(19)20-16-23(14-8-3-9-15-23)27-21(20)17-10-4-2-5-11-17/h6-7,12-13,16-17,21H,2-5,8-11,14-15H2,1H3,(H,24,25)/t21-/m1/s1. The summed E-state index contributed by atoms with van der Waals surface area (Å²) in [6, 6.07) is 7.88. The summed E-state index contributed by atoms with van der Waals surface area (Å²) in [5, 5.41) is 0. The Labute approximate surface area is 162 Å². The molecule has 2 fully saturated rings. The number of carbonyl (C=O) groups is 1. The van der Waals surface area contributed by atoms with Gasteiger partial charge < -0.3 is 4.74 Å². The van der Waals surface area contributed by atoms with E-state index in [0.717, 1.165) is 18.4 Å². The van der Waals surface area contributed by atoms with Crippen molar-refractivity contribution in [2.45, 2.75) is 75.9 Å². The summed E-state index contributed by atoms with van der Waals surface area (Å²) in [6.45, 7) is 0. The average Bonchev–Trinajstić information content (AvgIpc) is 3.08. The molecule has 1 atom stereocenters. The van der Waals surface area contributed by atoms with Crippen molar-refractivity contribution in [2.24, 2.45) is 5.92 Å². The van der Waals surface area contributed by atoms with Crippen LogP contribution in [-0.2, 0) is 9.57 Å². The van der Waals surface area contributed by atoms with Crippen LogP contribution < -0.4 is 5.48 Å². The molecule has 1 aromatic carbocycles. The molecule has 1 spiro atoms. The molecule has 2 aliphatic carbocycles. The van der Waals surface area contributed by atoms with E-state index in [1.807, 2.05) is 18.2 Å². The first-order valence-electron chi connectivity index (χ1n) is 10.6. The number of hydrogen-bond acceptors (Lipinski definition) is 3. The number of amides is 1. The SMILES string of the molecule is CONC(=O)c1ccccc1C1=CC2(CCCCC2)O[C@@H]1C1CCCCC1. The van der Waals surface area contributed by atoms with Gasteiger partial charge >= 0.3 is 0 Å². The molecule has 0 bridgehead atoms. The molecule has 0 saturated heterocycles. The molecule has 0 unspecified atom stereocenters. The Balaban J connectivity index is 1.72. The molecule has 4 rings (SSSR count). The van der Waals surface area contributed by atoms with E-state index in [-0.39, 0.29) is 17.6 Å². The second kappa shape index (κ2) is 8.15. The number of hydrogen-bond donors (Lipinski definition) is 1. The molecular formula is C23H31NO3. The highest BCUT2D eigenvalue weighted by molar-refractivity contribution is 5.99.